The lowest BCUT2D eigenvalue weighted by atomic mass is 9.75. The number of rotatable bonds is 9. The van der Waals surface area contributed by atoms with Crippen molar-refractivity contribution in [2.45, 2.75) is 70.3 Å². The van der Waals surface area contributed by atoms with Gasteiger partial charge in [-0.1, -0.05) is 57.2 Å². The summed E-state index contributed by atoms with van der Waals surface area (Å²) in [6, 6.07) is 7.83. The van der Waals surface area contributed by atoms with Crippen molar-refractivity contribution in [2.75, 3.05) is 6.54 Å². The lowest BCUT2D eigenvalue weighted by molar-refractivity contribution is 0.284. The maximum absolute atomic E-state index is 13.6. The van der Waals surface area contributed by atoms with E-state index in [4.69, 9.17) is 0 Å². The molecular formula is C18H28FN. The topological polar surface area (TPSA) is 12.0 Å². The highest BCUT2D eigenvalue weighted by atomic mass is 19.1. The van der Waals surface area contributed by atoms with Crippen LogP contribution in [0, 0.1) is 5.82 Å². The third-order valence-corrected chi connectivity index (χ3v) is 4.45. The first-order valence-electron chi connectivity index (χ1n) is 8.29. The molecule has 1 saturated carbocycles. The van der Waals surface area contributed by atoms with Crippen LogP contribution in [0.4, 0.5) is 4.39 Å². The molecule has 0 amide bonds. The summed E-state index contributed by atoms with van der Waals surface area (Å²) < 4.78 is 13.6. The summed E-state index contributed by atoms with van der Waals surface area (Å²) in [5.41, 5.74) is 0.908. The van der Waals surface area contributed by atoms with Crippen molar-refractivity contribution in [1.29, 1.82) is 0 Å². The zero-order chi connectivity index (χ0) is 14.2. The highest BCUT2D eigenvalue weighted by Crippen LogP contribution is 2.37. The van der Waals surface area contributed by atoms with Gasteiger partial charge in [-0.3, -0.25) is 0 Å². The normalized spacial score (nSPS) is 21.7. The number of unbranched alkanes of at least 4 members (excludes halogenated alkanes) is 5. The van der Waals surface area contributed by atoms with Crippen molar-refractivity contribution in [1.82, 2.24) is 5.32 Å². The van der Waals surface area contributed by atoms with Crippen molar-refractivity contribution in [2.24, 2.45) is 0 Å². The van der Waals surface area contributed by atoms with E-state index < -0.39 is 0 Å². The van der Waals surface area contributed by atoms with Crippen LogP contribution in [0.15, 0.2) is 24.3 Å². The minimum atomic E-state index is -0.0353. The van der Waals surface area contributed by atoms with E-state index in [0.29, 0.717) is 12.0 Å². The van der Waals surface area contributed by atoms with Gasteiger partial charge in [0, 0.05) is 6.04 Å². The zero-order valence-electron chi connectivity index (χ0n) is 12.7. The molecule has 0 unspecified atom stereocenters. The van der Waals surface area contributed by atoms with E-state index in [1.807, 2.05) is 12.1 Å². The van der Waals surface area contributed by atoms with E-state index >= 15 is 0 Å². The standard InChI is InChI=1S/C18H28FN/c1-2-3-4-5-6-9-12-20-16-13-15(14-16)17-10-7-8-11-18(17)19/h7-8,10-11,15-16,20H,2-6,9,12-14H2,1H3. The van der Waals surface area contributed by atoms with Crippen molar-refractivity contribution in [3.05, 3.63) is 35.6 Å². The third kappa shape index (κ3) is 4.59. The molecule has 1 fully saturated rings. The van der Waals surface area contributed by atoms with Crippen LogP contribution in [0.3, 0.4) is 0 Å². The van der Waals surface area contributed by atoms with Gasteiger partial charge in [0.05, 0.1) is 0 Å². The molecule has 1 aromatic carbocycles. The quantitative estimate of drug-likeness (QED) is 0.625. The second-order valence-electron chi connectivity index (χ2n) is 6.11. The largest absolute Gasteiger partial charge is 0.314 e. The van der Waals surface area contributed by atoms with E-state index in [0.717, 1.165) is 24.9 Å². The highest BCUT2D eigenvalue weighted by Gasteiger charge is 2.31. The maximum Gasteiger partial charge on any atom is 0.126 e. The molecule has 0 bridgehead atoms. The molecule has 20 heavy (non-hydrogen) atoms. The molecule has 2 heteroatoms. The van der Waals surface area contributed by atoms with Gasteiger partial charge in [0.2, 0.25) is 0 Å². The molecule has 1 aliphatic carbocycles. The minimum Gasteiger partial charge on any atom is -0.314 e. The molecule has 0 atom stereocenters. The van der Waals surface area contributed by atoms with Crippen LogP contribution in [-0.4, -0.2) is 12.6 Å². The van der Waals surface area contributed by atoms with Crippen LogP contribution >= 0.6 is 0 Å². The van der Waals surface area contributed by atoms with Crippen LogP contribution in [0.2, 0.25) is 0 Å². The van der Waals surface area contributed by atoms with Crippen LogP contribution in [0.25, 0.3) is 0 Å². The molecular weight excluding hydrogens is 249 g/mol. The molecule has 2 rings (SSSR count). The molecule has 0 saturated heterocycles. The average Bonchev–Trinajstić information content (AvgIpc) is 2.41. The molecule has 112 valence electrons. The van der Waals surface area contributed by atoms with Crippen LogP contribution in [0.1, 0.15) is 69.8 Å². The number of nitrogens with one attached hydrogen (secondary N) is 1. The fraction of sp³-hybridized carbons (Fsp3) is 0.667. The van der Waals surface area contributed by atoms with Gasteiger partial charge in [-0.2, -0.15) is 0 Å². The third-order valence-electron chi connectivity index (χ3n) is 4.45. The molecule has 0 aliphatic heterocycles. The van der Waals surface area contributed by atoms with Gasteiger partial charge in [-0.15, -0.1) is 0 Å². The van der Waals surface area contributed by atoms with Crippen molar-refractivity contribution >= 4 is 0 Å². The second kappa shape index (κ2) is 8.41. The number of benzene rings is 1. The van der Waals surface area contributed by atoms with Gasteiger partial charge in [0.1, 0.15) is 5.82 Å². The zero-order valence-corrected chi connectivity index (χ0v) is 12.7. The Morgan fingerprint density at radius 1 is 1.05 bits per heavy atom. The van der Waals surface area contributed by atoms with Gasteiger partial charge in [0.25, 0.3) is 0 Å². The summed E-state index contributed by atoms with van der Waals surface area (Å²) in [7, 11) is 0. The van der Waals surface area contributed by atoms with Crippen molar-refractivity contribution in [3.63, 3.8) is 0 Å². The summed E-state index contributed by atoms with van der Waals surface area (Å²) in [6.07, 6.45) is 10.3. The Kier molecular flexibility index (Phi) is 6.52. The number of halogens is 1. The monoisotopic (exact) mass is 277 g/mol. The Morgan fingerprint density at radius 2 is 1.75 bits per heavy atom. The Morgan fingerprint density at radius 3 is 2.50 bits per heavy atom. The Bertz CT molecular complexity index is 385. The molecule has 1 aliphatic rings. The van der Waals surface area contributed by atoms with Gasteiger partial charge in [-0.05, 0) is 43.4 Å². The maximum atomic E-state index is 13.6. The Labute approximate surface area is 123 Å². The molecule has 1 aromatic rings. The predicted octanol–water partition coefficient (Wildman–Crippen LogP) is 5.02. The molecule has 0 heterocycles. The Balaban J connectivity index is 1.53. The SMILES string of the molecule is CCCCCCCCNC1CC(c2ccccc2F)C1. The predicted molar refractivity (Wildman–Crippen MR) is 83.5 cm³/mol. The number of hydrogen-bond acceptors (Lipinski definition) is 1. The average molecular weight is 277 g/mol. The summed E-state index contributed by atoms with van der Waals surface area (Å²) in [6.45, 7) is 3.38. The smallest absolute Gasteiger partial charge is 0.126 e. The number of hydrogen-bond donors (Lipinski definition) is 1. The van der Waals surface area contributed by atoms with Crippen LogP contribution in [0.5, 0.6) is 0 Å². The van der Waals surface area contributed by atoms with E-state index in [1.54, 1.807) is 12.1 Å². The minimum absolute atomic E-state index is 0.0353. The van der Waals surface area contributed by atoms with E-state index in [9.17, 15) is 4.39 Å². The van der Waals surface area contributed by atoms with E-state index in [2.05, 4.69) is 12.2 Å². The first kappa shape index (κ1) is 15.5. The van der Waals surface area contributed by atoms with Crippen molar-refractivity contribution < 1.29 is 4.39 Å². The molecule has 0 radical (unpaired) electrons. The molecule has 0 aromatic heterocycles. The molecule has 1 N–H and O–H groups in total. The van der Waals surface area contributed by atoms with E-state index in [1.165, 1.54) is 38.5 Å². The van der Waals surface area contributed by atoms with Gasteiger partial charge >= 0.3 is 0 Å². The van der Waals surface area contributed by atoms with Crippen LogP contribution in [-0.2, 0) is 0 Å². The fourth-order valence-corrected chi connectivity index (χ4v) is 3.06. The first-order valence-corrected chi connectivity index (χ1v) is 8.29. The van der Waals surface area contributed by atoms with Gasteiger partial charge in [0.15, 0.2) is 0 Å². The fourth-order valence-electron chi connectivity index (χ4n) is 3.06. The van der Waals surface area contributed by atoms with Crippen LogP contribution < -0.4 is 5.32 Å². The summed E-state index contributed by atoms with van der Waals surface area (Å²) in [4.78, 5) is 0. The molecule has 1 nitrogen and oxygen atoms in total. The van der Waals surface area contributed by atoms with Crippen molar-refractivity contribution in [3.8, 4) is 0 Å². The van der Waals surface area contributed by atoms with E-state index in [-0.39, 0.29) is 5.82 Å². The lowest BCUT2D eigenvalue weighted by Gasteiger charge is -2.36. The summed E-state index contributed by atoms with van der Waals surface area (Å²) in [5, 5.41) is 3.61. The second-order valence-corrected chi connectivity index (χ2v) is 6.11. The Hall–Kier alpha value is -0.890. The summed E-state index contributed by atoms with van der Waals surface area (Å²) >= 11 is 0. The van der Waals surface area contributed by atoms with Gasteiger partial charge < -0.3 is 5.32 Å². The summed E-state index contributed by atoms with van der Waals surface area (Å²) in [5.74, 6) is 0.394. The molecule has 0 spiro atoms. The van der Waals surface area contributed by atoms with Gasteiger partial charge in [-0.25, -0.2) is 4.39 Å². The lowest BCUT2D eigenvalue weighted by Crippen LogP contribution is -2.40. The first-order chi connectivity index (χ1) is 9.81. The highest BCUT2D eigenvalue weighted by molar-refractivity contribution is 5.24.